The van der Waals surface area contributed by atoms with Crippen LogP contribution >= 0.6 is 130 Å². The van der Waals surface area contributed by atoms with Gasteiger partial charge in [-0.05, 0) is 124 Å². The van der Waals surface area contributed by atoms with E-state index in [2.05, 4.69) is 248 Å². The molecule has 0 bridgehead atoms. The summed E-state index contributed by atoms with van der Waals surface area (Å²) in [5.41, 5.74) is 13.9. The third kappa shape index (κ3) is 55.9. The molecule has 2 N–H and O–H groups in total. The van der Waals surface area contributed by atoms with Gasteiger partial charge >= 0.3 is 187 Å². The second-order valence-electron chi connectivity index (χ2n) is 20.8. The maximum atomic E-state index is 9.28. The number of alkyl halides is 3. The number of likely N-dealkylation sites (N-methyl/N-ethyl adjacent to an activating group) is 3. The first-order valence-electron chi connectivity index (χ1n) is 35.0. The molecule has 0 saturated heterocycles. The molecule has 0 saturated carbocycles. The van der Waals surface area contributed by atoms with Gasteiger partial charge in [0.1, 0.15) is 29.9 Å². The summed E-state index contributed by atoms with van der Waals surface area (Å²) < 4.78 is 14.1. The Labute approximate surface area is 859 Å². The van der Waals surface area contributed by atoms with Crippen molar-refractivity contribution < 1.29 is 195 Å². The fourth-order valence-electron chi connectivity index (χ4n) is 9.00. The molecule has 12 rings (SSSR count). The number of halogens is 6. The first-order chi connectivity index (χ1) is 49.8. The van der Waals surface area contributed by atoms with Gasteiger partial charge in [0.25, 0.3) is 0 Å². The van der Waals surface area contributed by atoms with Gasteiger partial charge in [-0.25, -0.2) is 29.9 Å². The minimum atomic E-state index is -2.08. The fourth-order valence-corrected chi connectivity index (χ4v) is 9.00. The molecular formula is C82H114Cs2I6N9O6V2-. The maximum Gasteiger partial charge on any atom is 0 e. The zero-order valence-electron chi connectivity index (χ0n) is 67.1. The molecular weight excluding hydrogens is 2340 g/mol. The van der Waals surface area contributed by atoms with Gasteiger partial charge in [0, 0.05) is 129 Å². The molecule has 0 fully saturated rings. The van der Waals surface area contributed by atoms with Crippen LogP contribution in [0.4, 0.5) is 4.79 Å². The minimum absolute atomic E-state index is 0. The minimum Gasteiger partial charge on any atom is 0 e. The monoisotopic (exact) mass is 2450 g/mol. The molecule has 25 heteroatoms. The number of aromatic hydroxyl groups is 1. The molecule has 15 nitrogen and oxygen atoms in total. The van der Waals surface area contributed by atoms with Crippen molar-refractivity contribution in [2.45, 2.75) is 162 Å². The van der Waals surface area contributed by atoms with Gasteiger partial charge in [-0.3, -0.25) is 4.43 Å². The number of benzene rings is 6. The molecule has 0 unspecified atom stereocenters. The molecule has 0 spiro atoms. The van der Waals surface area contributed by atoms with E-state index < -0.39 is 6.16 Å². The molecule has 0 amide bonds. The van der Waals surface area contributed by atoms with Crippen LogP contribution in [0.5, 0.6) is 17.2 Å². The number of carboxylic acid groups (broad SMARTS) is 2. The van der Waals surface area contributed by atoms with Crippen LogP contribution in [0.15, 0.2) is 182 Å². The first kappa shape index (κ1) is 119. The Hall–Kier alpha value is 0.763. The molecule has 1 radical (unpaired) electrons. The van der Waals surface area contributed by atoms with Crippen molar-refractivity contribution in [2.24, 2.45) is 0 Å². The van der Waals surface area contributed by atoms with Gasteiger partial charge in [-0.1, -0.05) is 249 Å². The number of hydrogen-bond acceptors (Lipinski definition) is 14. The van der Waals surface area contributed by atoms with Gasteiger partial charge < -0.3 is 74.3 Å². The van der Waals surface area contributed by atoms with Crippen molar-refractivity contribution >= 4 is 136 Å². The second kappa shape index (κ2) is 76.7. The van der Waals surface area contributed by atoms with E-state index in [4.69, 9.17) is 34.4 Å². The second-order valence-corrected chi connectivity index (χ2v) is 46.5. The average Bonchev–Trinajstić information content (AvgIpc) is 0.828. The van der Waals surface area contributed by atoms with Crippen LogP contribution in [0.3, 0.4) is 0 Å². The van der Waals surface area contributed by atoms with E-state index in [1.165, 1.54) is 33.6 Å². The molecule has 6 heterocycles. The van der Waals surface area contributed by atoms with E-state index >= 15 is 0 Å². The SMILES string of the molecule is CC.CC.CC.CC.CC.CC.CC(I)(I)I.CCc1ccccc1.CN1CCc2nc(-c3ccc(O)cc3)ncc2C1.CN1CCc2nc(-c3ccc(OCc4ccccc4)cc3)ncc2C1.CN1CCc2nc(-c3ccc(OCc4ccccc4)cc3)ncc2C1.C[CH-]I.O=C([O-])O.[CH3-].[Cs+].[Cs+].[I][V][I].[V]. The number of ether oxygens (including phenoxy) is 2. The molecule has 107 heavy (non-hydrogen) atoms. The van der Waals surface area contributed by atoms with Crippen molar-refractivity contribution in [1.82, 2.24) is 44.6 Å². The molecule has 3 aliphatic heterocycles. The number of aromatic nitrogens is 6. The quantitative estimate of drug-likeness (QED) is 0.0748. The van der Waals surface area contributed by atoms with Crippen molar-refractivity contribution in [1.29, 1.82) is 0 Å². The number of fused-ring (bicyclic) bond motifs is 3. The molecule has 3 aliphatic rings. The number of phenols is 1. The molecule has 3 aromatic heterocycles. The molecule has 578 valence electrons. The Morgan fingerprint density at radius 1 is 0.505 bits per heavy atom. The summed E-state index contributed by atoms with van der Waals surface area (Å²) in [6.45, 7) is 37.4. The van der Waals surface area contributed by atoms with Crippen molar-refractivity contribution in [3.8, 4) is 51.4 Å². The summed E-state index contributed by atoms with van der Waals surface area (Å²) in [5, 5.41) is 24.6. The number of phenolic OH excluding ortho intramolecular Hbond substituents is 1. The summed E-state index contributed by atoms with van der Waals surface area (Å²) in [7, 11) is 7.00. The van der Waals surface area contributed by atoms with Gasteiger partial charge in [0.05, 0.1) is 17.1 Å². The van der Waals surface area contributed by atoms with Crippen LogP contribution in [-0.2, 0) is 86.6 Å². The normalized spacial score (nSPS) is 11.3. The summed E-state index contributed by atoms with van der Waals surface area (Å²) in [6, 6.07) is 53.8. The smallest absolute Gasteiger partial charge is 0 e. The van der Waals surface area contributed by atoms with Crippen LogP contribution in [0, 0.1) is 11.9 Å². The van der Waals surface area contributed by atoms with Gasteiger partial charge in [-0.15, -0.1) is 0 Å². The van der Waals surface area contributed by atoms with Crippen molar-refractivity contribution in [3.05, 3.63) is 245 Å². The fraction of sp³-hybridized carbons (Fsp3) is 0.378. The van der Waals surface area contributed by atoms with Crippen LogP contribution in [-0.4, -0.2) is 101 Å². The number of hydrogen-bond donors (Lipinski definition) is 2. The van der Waals surface area contributed by atoms with Crippen LogP contribution in [0.2, 0.25) is 0 Å². The zero-order chi connectivity index (χ0) is 78.0. The Kier molecular flexibility index (Phi) is 85.0. The van der Waals surface area contributed by atoms with Gasteiger partial charge in [-0.2, -0.15) is 6.92 Å². The first-order valence-corrected chi connectivity index (χ1v) is 48.5. The predicted octanol–water partition coefficient (Wildman–Crippen LogP) is 17.3. The van der Waals surface area contributed by atoms with E-state index in [9.17, 15) is 5.11 Å². The van der Waals surface area contributed by atoms with Crippen LogP contribution in [0.25, 0.3) is 34.2 Å². The topological polar surface area (TPSA) is 186 Å². The molecule has 6 aromatic carbocycles. The standard InChI is InChI=1S/2C21H21N3O.C14H15N3O.C8H10.C2H3I3.C2H4I.6C2H6.CH2O3.CH3.2Cs.2HI.2V/c2*1-24-12-11-20-18(14-24)13-22-21(23-20)17-7-9-19(10-8-17)25-15-16-5-3-2-4-6-16;1-17-7-6-13-11(9-17)8-15-14(16-13)10-2-4-12(18)5-3-10;1-2-8-6-4-3-5-7-8;1-2(3,4)5;1-2-3;6*1-2;2-1(3)4;;;;;;;/h2*2-10,13H,11-12,14-15H2,1H3;2-5,8,18H,6-7,9H2,1H3;3-7H,2H2,1H3;1H3;2H,1H3;6*1-2H3;(H2,2,3,4);1H3;;;2*1H;;/q;;;;;-1;;;;;;;;-1;2*+1;;;;+2/p-3. The number of rotatable bonds is 10. The average molecular weight is 2450 g/mol. The van der Waals surface area contributed by atoms with Gasteiger partial charge in [0.2, 0.25) is 6.16 Å². The summed E-state index contributed by atoms with van der Waals surface area (Å²) in [5.74, 6) is 4.28. The van der Waals surface area contributed by atoms with E-state index in [0.29, 0.717) is 22.1 Å². The molecule has 9 aromatic rings. The molecule has 0 aliphatic carbocycles. The predicted molar refractivity (Wildman–Crippen MR) is 487 cm³/mol. The Bertz CT molecular complexity index is 3380. The maximum absolute atomic E-state index is 9.28. The Morgan fingerprint density at radius 3 is 0.953 bits per heavy atom. The van der Waals surface area contributed by atoms with Crippen molar-refractivity contribution in [3.63, 3.8) is 0 Å². The number of carbonyl (C=O) groups is 1. The zero-order valence-corrected chi connectivity index (χ0v) is 95.4. The van der Waals surface area contributed by atoms with E-state index in [0.717, 1.165) is 127 Å². The number of aryl methyl sites for hydroxylation is 1. The van der Waals surface area contributed by atoms with E-state index in [-0.39, 0.29) is 170 Å². The third-order valence-electron chi connectivity index (χ3n) is 13.5. The van der Waals surface area contributed by atoms with Gasteiger partial charge in [0.15, 0.2) is 17.5 Å². The third-order valence-corrected chi connectivity index (χ3v) is 13.5. The Balaban J connectivity index is -0.000000291. The van der Waals surface area contributed by atoms with Crippen molar-refractivity contribution in [2.75, 3.05) is 40.8 Å². The van der Waals surface area contributed by atoms with E-state index in [1.54, 1.807) is 12.1 Å². The Morgan fingerprint density at radius 2 is 0.729 bits per heavy atom. The summed E-state index contributed by atoms with van der Waals surface area (Å²) in [4.78, 5) is 42.9. The van der Waals surface area contributed by atoms with Crippen LogP contribution < -0.4 is 152 Å². The molecule has 0 atom stereocenters. The summed E-state index contributed by atoms with van der Waals surface area (Å²) in [6.07, 6.45) is 7.85. The van der Waals surface area contributed by atoms with E-state index in [1.807, 2.05) is 216 Å². The summed E-state index contributed by atoms with van der Waals surface area (Å²) >= 11 is 14.0. The van der Waals surface area contributed by atoms with Crippen LogP contribution in [0.1, 0.15) is 154 Å². The largest absolute Gasteiger partial charge is 0 e. The number of nitrogens with zero attached hydrogens (tertiary/aromatic N) is 9.